The van der Waals surface area contributed by atoms with Crippen LogP contribution in [0.4, 0.5) is 15.8 Å². The Morgan fingerprint density at radius 3 is 2.95 bits per heavy atom. The molecule has 2 rings (SSSR count). The molecule has 0 spiro atoms. The lowest BCUT2D eigenvalue weighted by atomic mass is 10.2. The SMILES string of the molecule is Cc1cc(Br)c(F)cc1NC(=O)Cn1cc(N)cn1. The van der Waals surface area contributed by atoms with Crippen molar-refractivity contribution in [2.45, 2.75) is 13.5 Å². The molecule has 0 bridgehead atoms. The fraction of sp³-hybridized carbons (Fsp3) is 0.167. The van der Waals surface area contributed by atoms with Crippen molar-refractivity contribution in [3.8, 4) is 0 Å². The number of hydrogen-bond acceptors (Lipinski definition) is 3. The Morgan fingerprint density at radius 1 is 1.58 bits per heavy atom. The number of aryl methyl sites for hydroxylation is 1. The van der Waals surface area contributed by atoms with Crippen LogP contribution in [0.2, 0.25) is 0 Å². The van der Waals surface area contributed by atoms with E-state index in [9.17, 15) is 9.18 Å². The van der Waals surface area contributed by atoms with Crippen molar-refractivity contribution < 1.29 is 9.18 Å². The zero-order valence-corrected chi connectivity index (χ0v) is 11.7. The summed E-state index contributed by atoms with van der Waals surface area (Å²) in [7, 11) is 0. The Hall–Kier alpha value is -1.89. The van der Waals surface area contributed by atoms with Gasteiger partial charge in [-0.2, -0.15) is 5.10 Å². The molecule has 19 heavy (non-hydrogen) atoms. The first-order chi connectivity index (χ1) is 8.95. The number of anilines is 2. The molecule has 0 aliphatic heterocycles. The smallest absolute Gasteiger partial charge is 0.246 e. The highest BCUT2D eigenvalue weighted by Crippen LogP contribution is 2.23. The van der Waals surface area contributed by atoms with Crippen LogP contribution in [-0.2, 0) is 11.3 Å². The predicted octanol–water partition coefficient (Wildman–Crippen LogP) is 2.31. The first kappa shape index (κ1) is 13.5. The second-order valence-electron chi connectivity index (χ2n) is 4.10. The Balaban J connectivity index is 2.09. The van der Waals surface area contributed by atoms with E-state index in [0.717, 1.165) is 5.56 Å². The third kappa shape index (κ3) is 3.31. The highest BCUT2D eigenvalue weighted by Gasteiger charge is 2.09. The lowest BCUT2D eigenvalue weighted by molar-refractivity contribution is -0.116. The van der Waals surface area contributed by atoms with Crippen LogP contribution in [0, 0.1) is 12.7 Å². The van der Waals surface area contributed by atoms with Crippen LogP contribution in [0.15, 0.2) is 29.0 Å². The molecule has 7 heteroatoms. The fourth-order valence-electron chi connectivity index (χ4n) is 1.58. The molecule has 1 amide bonds. The van der Waals surface area contributed by atoms with Gasteiger partial charge in [0.05, 0.1) is 16.4 Å². The molecule has 0 unspecified atom stereocenters. The van der Waals surface area contributed by atoms with Crippen LogP contribution in [0.25, 0.3) is 0 Å². The van der Waals surface area contributed by atoms with Crippen LogP contribution in [-0.4, -0.2) is 15.7 Å². The first-order valence-electron chi connectivity index (χ1n) is 5.49. The summed E-state index contributed by atoms with van der Waals surface area (Å²) in [6.07, 6.45) is 3.01. The van der Waals surface area contributed by atoms with Gasteiger partial charge in [-0.15, -0.1) is 0 Å². The lowest BCUT2D eigenvalue weighted by Crippen LogP contribution is -2.19. The molecule has 0 atom stereocenters. The average molecular weight is 327 g/mol. The van der Waals surface area contributed by atoms with E-state index in [1.54, 1.807) is 19.2 Å². The normalized spacial score (nSPS) is 10.5. The summed E-state index contributed by atoms with van der Waals surface area (Å²) < 4.78 is 15.2. The van der Waals surface area contributed by atoms with Crippen molar-refractivity contribution in [3.05, 3.63) is 40.4 Å². The molecule has 0 saturated carbocycles. The number of nitrogen functional groups attached to an aromatic ring is 1. The maximum absolute atomic E-state index is 13.4. The molecule has 2 aromatic rings. The van der Waals surface area contributed by atoms with Gasteiger partial charge in [-0.05, 0) is 40.5 Å². The average Bonchev–Trinajstić information content (AvgIpc) is 2.71. The molecular weight excluding hydrogens is 315 g/mol. The number of carbonyl (C=O) groups excluding carboxylic acids is 1. The minimum Gasteiger partial charge on any atom is -0.396 e. The summed E-state index contributed by atoms with van der Waals surface area (Å²) in [6.45, 7) is 1.81. The van der Waals surface area contributed by atoms with Gasteiger partial charge < -0.3 is 11.1 Å². The van der Waals surface area contributed by atoms with E-state index in [0.29, 0.717) is 15.8 Å². The summed E-state index contributed by atoms with van der Waals surface area (Å²) in [6, 6.07) is 2.88. The summed E-state index contributed by atoms with van der Waals surface area (Å²) >= 11 is 3.09. The van der Waals surface area contributed by atoms with Crippen molar-refractivity contribution in [1.82, 2.24) is 9.78 Å². The van der Waals surface area contributed by atoms with Crippen molar-refractivity contribution in [2.75, 3.05) is 11.1 Å². The fourth-order valence-corrected chi connectivity index (χ4v) is 2.04. The molecule has 0 radical (unpaired) electrons. The van der Waals surface area contributed by atoms with Crippen LogP contribution in [0.3, 0.4) is 0 Å². The van der Waals surface area contributed by atoms with E-state index in [-0.39, 0.29) is 12.5 Å². The Bertz CT molecular complexity index is 626. The topological polar surface area (TPSA) is 72.9 Å². The van der Waals surface area contributed by atoms with Gasteiger partial charge in [-0.3, -0.25) is 9.48 Å². The molecular formula is C12H12BrFN4O. The van der Waals surface area contributed by atoms with Crippen molar-refractivity contribution in [3.63, 3.8) is 0 Å². The predicted molar refractivity (Wildman–Crippen MR) is 74.1 cm³/mol. The number of nitrogens with zero attached hydrogens (tertiary/aromatic N) is 2. The molecule has 5 nitrogen and oxygen atoms in total. The molecule has 1 aromatic heterocycles. The monoisotopic (exact) mass is 326 g/mol. The van der Waals surface area contributed by atoms with E-state index in [1.165, 1.54) is 16.9 Å². The molecule has 1 aromatic carbocycles. The molecule has 0 aliphatic rings. The maximum atomic E-state index is 13.4. The molecule has 0 fully saturated rings. The zero-order chi connectivity index (χ0) is 14.0. The van der Waals surface area contributed by atoms with Gasteiger partial charge in [0, 0.05) is 11.9 Å². The number of halogens is 2. The highest BCUT2D eigenvalue weighted by molar-refractivity contribution is 9.10. The number of aromatic nitrogens is 2. The molecule has 1 heterocycles. The van der Waals surface area contributed by atoms with Gasteiger partial charge in [0.1, 0.15) is 12.4 Å². The number of hydrogen-bond donors (Lipinski definition) is 2. The van der Waals surface area contributed by atoms with E-state index in [1.807, 2.05) is 0 Å². The number of benzene rings is 1. The molecule has 0 aliphatic carbocycles. The van der Waals surface area contributed by atoms with E-state index < -0.39 is 5.82 Å². The van der Waals surface area contributed by atoms with Gasteiger partial charge in [-0.1, -0.05) is 0 Å². The first-order valence-corrected chi connectivity index (χ1v) is 6.28. The van der Waals surface area contributed by atoms with Gasteiger partial charge in [0.2, 0.25) is 5.91 Å². The van der Waals surface area contributed by atoms with Gasteiger partial charge in [-0.25, -0.2) is 4.39 Å². The molecule has 0 saturated heterocycles. The number of rotatable bonds is 3. The Labute approximate surface area is 117 Å². The number of nitrogens with two attached hydrogens (primary N) is 1. The maximum Gasteiger partial charge on any atom is 0.246 e. The Kier molecular flexibility index (Phi) is 3.84. The van der Waals surface area contributed by atoms with Crippen molar-refractivity contribution >= 4 is 33.2 Å². The number of carbonyl (C=O) groups is 1. The minimum atomic E-state index is -0.427. The third-order valence-corrected chi connectivity index (χ3v) is 3.11. The van der Waals surface area contributed by atoms with E-state index >= 15 is 0 Å². The van der Waals surface area contributed by atoms with Crippen LogP contribution >= 0.6 is 15.9 Å². The van der Waals surface area contributed by atoms with Gasteiger partial charge >= 0.3 is 0 Å². The molecule has 100 valence electrons. The summed E-state index contributed by atoms with van der Waals surface area (Å²) in [5, 5.41) is 6.54. The van der Waals surface area contributed by atoms with Crippen molar-refractivity contribution in [1.29, 1.82) is 0 Å². The number of nitrogens with one attached hydrogen (secondary N) is 1. The lowest BCUT2D eigenvalue weighted by Gasteiger charge is -2.09. The van der Waals surface area contributed by atoms with Crippen molar-refractivity contribution in [2.24, 2.45) is 0 Å². The standard InChI is InChI=1S/C12H12BrFN4O/c1-7-2-9(13)10(14)3-11(7)17-12(19)6-18-5-8(15)4-16-18/h2-5H,6,15H2,1H3,(H,17,19). The highest BCUT2D eigenvalue weighted by atomic mass is 79.9. The van der Waals surface area contributed by atoms with Gasteiger partial charge in [0.25, 0.3) is 0 Å². The van der Waals surface area contributed by atoms with E-state index in [4.69, 9.17) is 5.73 Å². The van der Waals surface area contributed by atoms with E-state index in [2.05, 4.69) is 26.3 Å². The summed E-state index contributed by atoms with van der Waals surface area (Å²) in [5.74, 6) is -0.725. The third-order valence-electron chi connectivity index (χ3n) is 2.50. The summed E-state index contributed by atoms with van der Waals surface area (Å²) in [4.78, 5) is 11.8. The largest absolute Gasteiger partial charge is 0.396 e. The van der Waals surface area contributed by atoms with Crippen LogP contribution < -0.4 is 11.1 Å². The Morgan fingerprint density at radius 2 is 2.32 bits per heavy atom. The minimum absolute atomic E-state index is 0.0221. The molecule has 3 N–H and O–H groups in total. The second kappa shape index (κ2) is 5.40. The van der Waals surface area contributed by atoms with Gasteiger partial charge in [0.15, 0.2) is 0 Å². The zero-order valence-electron chi connectivity index (χ0n) is 10.2. The van der Waals surface area contributed by atoms with Crippen LogP contribution in [0.1, 0.15) is 5.56 Å². The quantitative estimate of drug-likeness (QED) is 0.909. The summed E-state index contributed by atoms with van der Waals surface area (Å²) in [5.41, 5.74) is 7.18. The van der Waals surface area contributed by atoms with Crippen LogP contribution in [0.5, 0.6) is 0 Å². The second-order valence-corrected chi connectivity index (χ2v) is 4.95. The number of amides is 1.